The number of aryl methyl sites for hydroxylation is 1. The number of ether oxygens (including phenoxy) is 2. The van der Waals surface area contributed by atoms with Gasteiger partial charge in [0.1, 0.15) is 17.4 Å². The van der Waals surface area contributed by atoms with Crippen molar-refractivity contribution in [2.45, 2.75) is 6.92 Å². The number of hydrogen-bond donors (Lipinski definition) is 2. The number of rotatable bonds is 8. The van der Waals surface area contributed by atoms with Crippen molar-refractivity contribution in [3.8, 4) is 17.6 Å². The summed E-state index contributed by atoms with van der Waals surface area (Å²) in [5.74, 6) is -0.226. The molecule has 9 heteroatoms. The molecule has 0 unspecified atom stereocenters. The Bertz CT molecular complexity index is 1290. The zero-order chi connectivity index (χ0) is 25.4. The summed E-state index contributed by atoms with van der Waals surface area (Å²) < 4.78 is 10.6. The lowest BCUT2D eigenvalue weighted by Gasteiger charge is -2.12. The second-order valence-electron chi connectivity index (χ2n) is 7.37. The van der Waals surface area contributed by atoms with E-state index in [1.807, 2.05) is 31.2 Å². The SMILES string of the molecule is COc1ccc(NC(=O)/C(C#N)=C\c2cc(Cl)c(OCC(=O)Nc3cccc(C)c3)c(Cl)c2)cc1. The van der Waals surface area contributed by atoms with Gasteiger partial charge in [0.2, 0.25) is 0 Å². The van der Waals surface area contributed by atoms with Crippen molar-refractivity contribution in [1.29, 1.82) is 5.26 Å². The molecule has 7 nitrogen and oxygen atoms in total. The second-order valence-corrected chi connectivity index (χ2v) is 8.19. The van der Waals surface area contributed by atoms with Crippen molar-refractivity contribution < 1.29 is 19.1 Å². The standard InChI is InChI=1S/C26H21Cl2N3O4/c1-16-4-3-5-20(10-16)30-24(32)15-35-25-22(27)12-17(13-23(25)28)11-18(14-29)26(33)31-19-6-8-21(34-2)9-7-19/h3-13H,15H2,1-2H3,(H,30,32)(H,31,33)/b18-11-. The highest BCUT2D eigenvalue weighted by molar-refractivity contribution is 6.37. The maximum Gasteiger partial charge on any atom is 0.266 e. The number of nitrogens with one attached hydrogen (secondary N) is 2. The maximum absolute atomic E-state index is 12.5. The van der Waals surface area contributed by atoms with Crippen LogP contribution in [-0.2, 0) is 9.59 Å². The monoisotopic (exact) mass is 509 g/mol. The largest absolute Gasteiger partial charge is 0.497 e. The maximum atomic E-state index is 12.5. The third kappa shape index (κ3) is 7.24. The van der Waals surface area contributed by atoms with Gasteiger partial charge in [0, 0.05) is 11.4 Å². The molecule has 3 aromatic rings. The molecule has 0 heterocycles. The van der Waals surface area contributed by atoms with Crippen LogP contribution in [0.3, 0.4) is 0 Å². The van der Waals surface area contributed by atoms with Crippen molar-refractivity contribution in [1.82, 2.24) is 0 Å². The molecule has 0 atom stereocenters. The number of carbonyl (C=O) groups excluding carboxylic acids is 2. The number of nitrogens with zero attached hydrogens (tertiary/aromatic N) is 1. The number of anilines is 2. The van der Waals surface area contributed by atoms with E-state index in [9.17, 15) is 14.9 Å². The van der Waals surface area contributed by atoms with E-state index in [2.05, 4.69) is 10.6 Å². The highest BCUT2D eigenvalue weighted by Crippen LogP contribution is 2.35. The Morgan fingerprint density at radius 1 is 1.00 bits per heavy atom. The van der Waals surface area contributed by atoms with E-state index in [0.717, 1.165) is 5.56 Å². The van der Waals surface area contributed by atoms with E-state index in [1.54, 1.807) is 30.3 Å². The number of halogens is 2. The average molecular weight is 510 g/mol. The van der Waals surface area contributed by atoms with Gasteiger partial charge in [-0.15, -0.1) is 0 Å². The predicted molar refractivity (Wildman–Crippen MR) is 137 cm³/mol. The van der Waals surface area contributed by atoms with Gasteiger partial charge in [0.05, 0.1) is 17.2 Å². The van der Waals surface area contributed by atoms with E-state index in [-0.39, 0.29) is 33.9 Å². The van der Waals surface area contributed by atoms with Gasteiger partial charge in [0.25, 0.3) is 11.8 Å². The molecule has 3 rings (SSSR count). The fourth-order valence-corrected chi connectivity index (χ4v) is 3.66. The summed E-state index contributed by atoms with van der Waals surface area (Å²) in [7, 11) is 1.54. The second kappa shape index (κ2) is 11.9. The first-order valence-corrected chi connectivity index (χ1v) is 11.1. The van der Waals surface area contributed by atoms with Gasteiger partial charge in [-0.1, -0.05) is 35.3 Å². The number of benzene rings is 3. The van der Waals surface area contributed by atoms with E-state index in [1.165, 1.54) is 25.3 Å². The molecule has 0 aliphatic heterocycles. The first-order chi connectivity index (χ1) is 16.8. The van der Waals surface area contributed by atoms with E-state index in [0.29, 0.717) is 22.7 Å². The number of carbonyl (C=O) groups is 2. The Morgan fingerprint density at radius 2 is 1.69 bits per heavy atom. The molecule has 3 aromatic carbocycles. The van der Waals surface area contributed by atoms with Crippen LogP contribution in [0, 0.1) is 18.3 Å². The highest BCUT2D eigenvalue weighted by atomic mass is 35.5. The molecule has 0 fully saturated rings. The van der Waals surface area contributed by atoms with Crippen LogP contribution in [0.5, 0.6) is 11.5 Å². The molecular weight excluding hydrogens is 489 g/mol. The summed E-state index contributed by atoms with van der Waals surface area (Å²) in [6.07, 6.45) is 1.35. The molecule has 178 valence electrons. The molecule has 0 aliphatic carbocycles. The minimum atomic E-state index is -0.599. The van der Waals surface area contributed by atoms with Gasteiger partial charge in [-0.2, -0.15) is 5.26 Å². The van der Waals surface area contributed by atoms with Gasteiger partial charge in [-0.3, -0.25) is 9.59 Å². The van der Waals surface area contributed by atoms with Crippen molar-refractivity contribution >= 4 is 52.5 Å². The molecule has 0 saturated heterocycles. The lowest BCUT2D eigenvalue weighted by molar-refractivity contribution is -0.118. The summed E-state index contributed by atoms with van der Waals surface area (Å²) in [6.45, 7) is 1.61. The average Bonchev–Trinajstić information content (AvgIpc) is 2.82. The van der Waals surface area contributed by atoms with Crippen LogP contribution in [0.15, 0.2) is 66.2 Å². The lowest BCUT2D eigenvalue weighted by atomic mass is 10.1. The molecule has 2 amide bonds. The molecule has 0 spiro atoms. The molecule has 0 saturated carbocycles. The smallest absolute Gasteiger partial charge is 0.266 e. The zero-order valence-electron chi connectivity index (χ0n) is 18.9. The number of amides is 2. The lowest BCUT2D eigenvalue weighted by Crippen LogP contribution is -2.20. The Balaban J connectivity index is 1.68. The molecule has 0 aromatic heterocycles. The zero-order valence-corrected chi connectivity index (χ0v) is 20.4. The molecular formula is C26H21Cl2N3O4. The van der Waals surface area contributed by atoms with E-state index >= 15 is 0 Å². The topological polar surface area (TPSA) is 100 Å². The number of hydrogen-bond acceptors (Lipinski definition) is 5. The Hall–Kier alpha value is -3.99. The normalized spacial score (nSPS) is 10.8. The molecule has 0 radical (unpaired) electrons. The molecule has 2 N–H and O–H groups in total. The summed E-state index contributed by atoms with van der Waals surface area (Å²) >= 11 is 12.6. The molecule has 0 bridgehead atoms. The minimum Gasteiger partial charge on any atom is -0.497 e. The Labute approximate surface area is 212 Å². The van der Waals surface area contributed by atoms with Crippen molar-refractivity contribution in [2.24, 2.45) is 0 Å². The van der Waals surface area contributed by atoms with Crippen LogP contribution in [0.4, 0.5) is 11.4 Å². The fourth-order valence-electron chi connectivity index (χ4n) is 3.05. The number of methoxy groups -OCH3 is 1. The molecule has 0 aliphatic rings. The third-order valence-electron chi connectivity index (χ3n) is 4.69. The van der Waals surface area contributed by atoms with Crippen LogP contribution < -0.4 is 20.1 Å². The predicted octanol–water partition coefficient (Wildman–Crippen LogP) is 5.87. The fraction of sp³-hybridized carbons (Fsp3) is 0.115. The van der Waals surface area contributed by atoms with E-state index < -0.39 is 5.91 Å². The van der Waals surface area contributed by atoms with Crippen molar-refractivity contribution in [3.05, 3.63) is 87.4 Å². The Kier molecular flexibility index (Phi) is 8.74. The summed E-state index contributed by atoms with van der Waals surface area (Å²) in [5, 5.41) is 15.1. The van der Waals surface area contributed by atoms with Gasteiger partial charge in [-0.25, -0.2) is 0 Å². The third-order valence-corrected chi connectivity index (χ3v) is 5.26. The first-order valence-electron chi connectivity index (χ1n) is 10.3. The quantitative estimate of drug-likeness (QED) is 0.292. The van der Waals surface area contributed by atoms with Gasteiger partial charge < -0.3 is 20.1 Å². The number of nitriles is 1. The summed E-state index contributed by atoms with van der Waals surface area (Å²) in [4.78, 5) is 24.7. The van der Waals surface area contributed by atoms with Crippen molar-refractivity contribution in [2.75, 3.05) is 24.4 Å². The van der Waals surface area contributed by atoms with E-state index in [4.69, 9.17) is 32.7 Å². The van der Waals surface area contributed by atoms with Crippen LogP contribution in [0.1, 0.15) is 11.1 Å². The van der Waals surface area contributed by atoms with Crippen molar-refractivity contribution in [3.63, 3.8) is 0 Å². The molecule has 35 heavy (non-hydrogen) atoms. The summed E-state index contributed by atoms with van der Waals surface area (Å²) in [6, 6.07) is 18.9. The van der Waals surface area contributed by atoms with Gasteiger partial charge in [0.15, 0.2) is 12.4 Å². The summed E-state index contributed by atoms with van der Waals surface area (Å²) in [5.41, 5.74) is 2.42. The first kappa shape index (κ1) is 25.6. The van der Waals surface area contributed by atoms with Crippen LogP contribution in [0.25, 0.3) is 6.08 Å². The van der Waals surface area contributed by atoms with Crippen LogP contribution >= 0.6 is 23.2 Å². The minimum absolute atomic E-state index is 0.117. The van der Waals surface area contributed by atoms with Crippen LogP contribution in [0.2, 0.25) is 10.0 Å². The van der Waals surface area contributed by atoms with Gasteiger partial charge >= 0.3 is 0 Å². The Morgan fingerprint density at radius 3 is 2.29 bits per heavy atom. The van der Waals surface area contributed by atoms with Crippen LogP contribution in [-0.4, -0.2) is 25.5 Å². The highest BCUT2D eigenvalue weighted by Gasteiger charge is 2.14. The van der Waals surface area contributed by atoms with Gasteiger partial charge in [-0.05, 0) is 72.7 Å².